The maximum Gasteiger partial charge on any atom is 0.307 e. The fourth-order valence-corrected chi connectivity index (χ4v) is 4.30. The van der Waals surface area contributed by atoms with E-state index in [0.29, 0.717) is 19.5 Å². The predicted molar refractivity (Wildman–Crippen MR) is 102 cm³/mol. The molecule has 2 fully saturated rings. The molecule has 0 spiro atoms. The van der Waals surface area contributed by atoms with Gasteiger partial charge in [-0.1, -0.05) is 38.3 Å². The lowest BCUT2D eigenvalue weighted by molar-refractivity contribution is -0.152. The van der Waals surface area contributed by atoms with Gasteiger partial charge in [-0.2, -0.15) is 0 Å². The third-order valence-electron chi connectivity index (χ3n) is 5.83. The summed E-state index contributed by atoms with van der Waals surface area (Å²) in [4.78, 5) is 28.6. The topological polar surface area (TPSA) is 60.9 Å². The smallest absolute Gasteiger partial charge is 0.307 e. The molecule has 2 aliphatic rings. The summed E-state index contributed by atoms with van der Waals surface area (Å²) >= 11 is 0. The fourth-order valence-electron chi connectivity index (χ4n) is 4.30. The van der Waals surface area contributed by atoms with Gasteiger partial charge in [0.25, 0.3) is 0 Å². The van der Waals surface area contributed by atoms with E-state index < -0.39 is 11.9 Å². The second kappa shape index (κ2) is 8.56. The van der Waals surface area contributed by atoms with Gasteiger partial charge in [0.1, 0.15) is 0 Å². The normalized spacial score (nSPS) is 23.7. The molecular formula is C21H30N2O3. The molecule has 2 atom stereocenters. The van der Waals surface area contributed by atoms with Crippen LogP contribution >= 0.6 is 0 Å². The highest BCUT2D eigenvalue weighted by Gasteiger charge is 2.38. The minimum Gasteiger partial charge on any atom is -0.481 e. The van der Waals surface area contributed by atoms with Crippen LogP contribution in [0.2, 0.25) is 0 Å². The molecule has 0 unspecified atom stereocenters. The zero-order valence-corrected chi connectivity index (χ0v) is 15.7. The number of rotatable bonds is 5. The fraction of sp³-hybridized carbons (Fsp3) is 0.619. The molecule has 1 aliphatic heterocycles. The van der Waals surface area contributed by atoms with Crippen LogP contribution in [-0.4, -0.2) is 48.1 Å². The number of amides is 1. The monoisotopic (exact) mass is 358 g/mol. The predicted octanol–water partition coefficient (Wildman–Crippen LogP) is 3.18. The number of carboxylic acid groups (broad SMARTS) is 1. The van der Waals surface area contributed by atoms with Crippen LogP contribution in [0.15, 0.2) is 24.3 Å². The van der Waals surface area contributed by atoms with Crippen molar-refractivity contribution in [3.05, 3.63) is 29.8 Å². The van der Waals surface area contributed by atoms with E-state index in [9.17, 15) is 14.7 Å². The number of hydrogen-bond donors (Lipinski definition) is 1. The SMILES string of the molecule is CCCc1ccc(N2CCN(C(=O)[C@H]3CCCC[C@H]3C(=O)O)CC2)cc1. The maximum atomic E-state index is 12.9. The lowest BCUT2D eigenvalue weighted by Gasteiger charge is -2.39. The Labute approximate surface area is 156 Å². The Balaban J connectivity index is 1.57. The summed E-state index contributed by atoms with van der Waals surface area (Å²) in [5.41, 5.74) is 2.57. The lowest BCUT2D eigenvalue weighted by Crippen LogP contribution is -2.52. The molecule has 0 bridgehead atoms. The van der Waals surface area contributed by atoms with Crippen molar-refractivity contribution in [2.45, 2.75) is 45.4 Å². The highest BCUT2D eigenvalue weighted by Crippen LogP contribution is 2.32. The van der Waals surface area contributed by atoms with Crippen molar-refractivity contribution in [1.82, 2.24) is 4.90 Å². The Morgan fingerprint density at radius 1 is 1.00 bits per heavy atom. The second-order valence-electron chi connectivity index (χ2n) is 7.56. The molecular weight excluding hydrogens is 328 g/mol. The van der Waals surface area contributed by atoms with E-state index in [1.165, 1.54) is 11.3 Å². The van der Waals surface area contributed by atoms with Crippen molar-refractivity contribution < 1.29 is 14.7 Å². The molecule has 1 heterocycles. The number of carbonyl (C=O) groups is 2. The van der Waals surface area contributed by atoms with Crippen molar-refractivity contribution in [3.8, 4) is 0 Å². The molecule has 1 N–H and O–H groups in total. The maximum absolute atomic E-state index is 12.9. The average Bonchev–Trinajstić information content (AvgIpc) is 2.68. The summed E-state index contributed by atoms with van der Waals surface area (Å²) < 4.78 is 0. The Kier molecular flexibility index (Phi) is 6.17. The second-order valence-corrected chi connectivity index (χ2v) is 7.56. The average molecular weight is 358 g/mol. The van der Waals surface area contributed by atoms with Crippen LogP contribution < -0.4 is 4.90 Å². The first-order valence-corrected chi connectivity index (χ1v) is 9.95. The third kappa shape index (κ3) is 4.19. The molecule has 3 rings (SSSR count). The van der Waals surface area contributed by atoms with Gasteiger partial charge in [0, 0.05) is 31.9 Å². The van der Waals surface area contributed by atoms with Gasteiger partial charge < -0.3 is 14.9 Å². The Bertz CT molecular complexity index is 621. The molecule has 1 saturated carbocycles. The number of hydrogen-bond acceptors (Lipinski definition) is 3. The van der Waals surface area contributed by atoms with E-state index in [-0.39, 0.29) is 11.8 Å². The summed E-state index contributed by atoms with van der Waals surface area (Å²) in [5, 5.41) is 9.43. The summed E-state index contributed by atoms with van der Waals surface area (Å²) in [6.45, 7) is 5.16. The minimum absolute atomic E-state index is 0.0510. The third-order valence-corrected chi connectivity index (χ3v) is 5.83. The van der Waals surface area contributed by atoms with Gasteiger partial charge in [0.2, 0.25) is 5.91 Å². The van der Waals surface area contributed by atoms with Crippen LogP contribution in [0.5, 0.6) is 0 Å². The molecule has 26 heavy (non-hydrogen) atoms. The van der Waals surface area contributed by atoms with E-state index in [4.69, 9.17) is 0 Å². The largest absolute Gasteiger partial charge is 0.481 e. The van der Waals surface area contributed by atoms with Crippen LogP contribution in [0.4, 0.5) is 5.69 Å². The number of aryl methyl sites for hydroxylation is 1. The first-order chi connectivity index (χ1) is 12.6. The summed E-state index contributed by atoms with van der Waals surface area (Å²) in [5.74, 6) is -1.59. The van der Waals surface area contributed by atoms with Crippen LogP contribution in [-0.2, 0) is 16.0 Å². The number of benzene rings is 1. The van der Waals surface area contributed by atoms with E-state index in [1.807, 2.05) is 4.90 Å². The lowest BCUT2D eigenvalue weighted by atomic mass is 9.78. The first kappa shape index (κ1) is 18.7. The molecule has 1 aliphatic carbocycles. The van der Waals surface area contributed by atoms with Gasteiger partial charge in [-0.15, -0.1) is 0 Å². The van der Waals surface area contributed by atoms with Gasteiger partial charge in [0.05, 0.1) is 11.8 Å². The highest BCUT2D eigenvalue weighted by atomic mass is 16.4. The first-order valence-electron chi connectivity index (χ1n) is 9.95. The molecule has 0 aromatic heterocycles. The molecule has 1 amide bonds. The van der Waals surface area contributed by atoms with Crippen LogP contribution in [0.3, 0.4) is 0 Å². The number of carbonyl (C=O) groups excluding carboxylic acids is 1. The number of piperazine rings is 1. The molecule has 1 saturated heterocycles. The zero-order chi connectivity index (χ0) is 18.5. The molecule has 0 radical (unpaired) electrons. The van der Waals surface area contributed by atoms with E-state index >= 15 is 0 Å². The molecule has 1 aromatic rings. The van der Waals surface area contributed by atoms with E-state index in [1.54, 1.807) is 0 Å². The quantitative estimate of drug-likeness (QED) is 0.878. The molecule has 142 valence electrons. The molecule has 5 nitrogen and oxygen atoms in total. The standard InChI is InChI=1S/C21H30N2O3/c1-2-5-16-8-10-17(11-9-16)22-12-14-23(15-13-22)20(24)18-6-3-4-7-19(18)21(25)26/h8-11,18-19H,2-7,12-15H2,1H3,(H,25,26)/t18-,19+/m0/s1. The van der Waals surface area contributed by atoms with Crippen LogP contribution in [0.25, 0.3) is 0 Å². The number of anilines is 1. The zero-order valence-electron chi connectivity index (χ0n) is 15.7. The Morgan fingerprint density at radius 3 is 2.19 bits per heavy atom. The van der Waals surface area contributed by atoms with Gasteiger partial charge in [0.15, 0.2) is 0 Å². The Morgan fingerprint density at radius 2 is 1.62 bits per heavy atom. The van der Waals surface area contributed by atoms with Crippen LogP contribution in [0.1, 0.15) is 44.6 Å². The number of nitrogens with zero attached hydrogens (tertiary/aromatic N) is 2. The highest BCUT2D eigenvalue weighted by molar-refractivity contribution is 5.85. The van der Waals surface area contributed by atoms with Crippen molar-refractivity contribution in [2.24, 2.45) is 11.8 Å². The summed E-state index contributed by atoms with van der Waals surface area (Å²) in [7, 11) is 0. The van der Waals surface area contributed by atoms with Crippen molar-refractivity contribution >= 4 is 17.6 Å². The Hall–Kier alpha value is -2.04. The van der Waals surface area contributed by atoms with Crippen molar-refractivity contribution in [3.63, 3.8) is 0 Å². The number of carboxylic acids is 1. The van der Waals surface area contributed by atoms with Crippen LogP contribution in [0, 0.1) is 11.8 Å². The van der Waals surface area contributed by atoms with Gasteiger partial charge in [-0.3, -0.25) is 9.59 Å². The number of aliphatic carboxylic acids is 1. The minimum atomic E-state index is -0.811. The molecule has 5 heteroatoms. The van der Waals surface area contributed by atoms with Gasteiger partial charge in [-0.25, -0.2) is 0 Å². The summed E-state index contributed by atoms with van der Waals surface area (Å²) in [6.07, 6.45) is 5.49. The van der Waals surface area contributed by atoms with Crippen molar-refractivity contribution in [2.75, 3.05) is 31.1 Å². The summed E-state index contributed by atoms with van der Waals surface area (Å²) in [6, 6.07) is 8.72. The van der Waals surface area contributed by atoms with E-state index in [0.717, 1.165) is 45.2 Å². The van der Waals surface area contributed by atoms with Crippen molar-refractivity contribution in [1.29, 1.82) is 0 Å². The van der Waals surface area contributed by atoms with Gasteiger partial charge >= 0.3 is 5.97 Å². The van der Waals surface area contributed by atoms with E-state index in [2.05, 4.69) is 36.1 Å². The molecule has 1 aromatic carbocycles. The van der Waals surface area contributed by atoms with Gasteiger partial charge in [-0.05, 0) is 37.0 Å².